The Kier molecular flexibility index (Phi) is 12.3. The van der Waals surface area contributed by atoms with Gasteiger partial charge in [-0.05, 0) is 54.1 Å². The number of para-hydroxylation sites is 1. The number of anilines is 1. The number of Topliss-reactive ketones (excluding diaryl/α,β-unsaturated/α-hetero) is 1. The number of nitrogens with zero attached hydrogens (tertiary/aromatic N) is 1. The van der Waals surface area contributed by atoms with E-state index in [1.807, 2.05) is 30.3 Å². The number of allylic oxidation sites excluding steroid dienone is 4. The van der Waals surface area contributed by atoms with Crippen LogP contribution in [0.3, 0.4) is 0 Å². The molecule has 12 heteroatoms. The van der Waals surface area contributed by atoms with Gasteiger partial charge in [0.2, 0.25) is 0 Å². The molecule has 1 amide bonds. The quantitative estimate of drug-likeness (QED) is 0.133. The van der Waals surface area contributed by atoms with Gasteiger partial charge in [0.15, 0.2) is 5.78 Å². The Hall–Kier alpha value is -4.29. The number of halogens is 3. The number of hydrogen-bond acceptors (Lipinski definition) is 8. The second kappa shape index (κ2) is 16.3. The van der Waals surface area contributed by atoms with E-state index in [4.69, 9.17) is 0 Å². The highest BCUT2D eigenvalue weighted by Gasteiger charge is 2.40. The second-order valence-electron chi connectivity index (χ2n) is 11.2. The summed E-state index contributed by atoms with van der Waals surface area (Å²) in [6, 6.07) is 12.0. The van der Waals surface area contributed by atoms with Gasteiger partial charge in [0.05, 0.1) is 29.4 Å². The number of carbonyl (C=O) groups is 3. The van der Waals surface area contributed by atoms with Crippen molar-refractivity contribution in [2.24, 2.45) is 5.92 Å². The molecule has 46 heavy (non-hydrogen) atoms. The van der Waals surface area contributed by atoms with E-state index in [9.17, 15) is 27.6 Å². The van der Waals surface area contributed by atoms with Crippen molar-refractivity contribution in [1.82, 2.24) is 20.9 Å². The number of hydrogen-bond donors (Lipinski definition) is 4. The normalized spacial score (nSPS) is 16.7. The summed E-state index contributed by atoms with van der Waals surface area (Å²) in [5.41, 5.74) is 2.52. The largest absolute Gasteiger partial charge is 0.395 e. The van der Waals surface area contributed by atoms with Gasteiger partial charge >= 0.3 is 6.18 Å². The molecular formula is C34H38F3N5O3S. The van der Waals surface area contributed by atoms with Crippen molar-refractivity contribution in [3.63, 3.8) is 0 Å². The topological polar surface area (TPSA) is 112 Å². The van der Waals surface area contributed by atoms with Gasteiger partial charge in [-0.15, -0.1) is 11.3 Å². The maximum atomic E-state index is 13.5. The van der Waals surface area contributed by atoms with E-state index in [0.29, 0.717) is 29.7 Å². The Morgan fingerprint density at radius 1 is 1.09 bits per heavy atom. The third kappa shape index (κ3) is 9.85. The zero-order valence-corrected chi connectivity index (χ0v) is 26.4. The second-order valence-corrected chi connectivity index (χ2v) is 12.1. The van der Waals surface area contributed by atoms with Gasteiger partial charge in [-0.1, -0.05) is 44.0 Å². The van der Waals surface area contributed by atoms with E-state index in [0.717, 1.165) is 28.8 Å². The minimum absolute atomic E-state index is 0.00750. The van der Waals surface area contributed by atoms with Gasteiger partial charge in [0, 0.05) is 48.9 Å². The predicted octanol–water partition coefficient (Wildman–Crippen LogP) is 6.79. The molecule has 0 aliphatic heterocycles. The average Bonchev–Trinajstić information content (AvgIpc) is 3.52. The van der Waals surface area contributed by atoms with Crippen LogP contribution in [0.4, 0.5) is 18.9 Å². The van der Waals surface area contributed by atoms with Crippen LogP contribution in [0.25, 0.3) is 10.9 Å². The van der Waals surface area contributed by atoms with E-state index in [1.54, 1.807) is 17.6 Å². The highest BCUT2D eigenvalue weighted by molar-refractivity contribution is 7.12. The number of nitrogens with one attached hydrogen (secondary N) is 4. The summed E-state index contributed by atoms with van der Waals surface area (Å²) in [6.45, 7) is 5.76. The number of thiophene rings is 1. The average molecular weight is 654 g/mol. The first kappa shape index (κ1) is 34.6. The monoisotopic (exact) mass is 653 g/mol. The fraction of sp³-hybridized carbons (Fsp3) is 0.353. The molecule has 1 unspecified atom stereocenters. The van der Waals surface area contributed by atoms with Crippen LogP contribution in [0.15, 0.2) is 83.8 Å². The highest BCUT2D eigenvalue weighted by Crippen LogP contribution is 2.35. The van der Waals surface area contributed by atoms with E-state index in [2.05, 4.69) is 32.8 Å². The third-order valence-corrected chi connectivity index (χ3v) is 8.65. The molecule has 8 nitrogen and oxygen atoms in total. The van der Waals surface area contributed by atoms with Crippen LogP contribution in [0, 0.1) is 5.92 Å². The molecular weight excluding hydrogens is 615 g/mol. The van der Waals surface area contributed by atoms with E-state index >= 15 is 0 Å². The Morgan fingerprint density at radius 3 is 2.57 bits per heavy atom. The molecule has 5 rings (SSSR count). The molecule has 3 aromatic rings. The van der Waals surface area contributed by atoms with Crippen LogP contribution in [-0.2, 0) is 16.1 Å². The molecule has 0 bridgehead atoms. The first-order valence-corrected chi connectivity index (χ1v) is 16.0. The van der Waals surface area contributed by atoms with Crippen molar-refractivity contribution in [3.05, 3.63) is 94.2 Å². The van der Waals surface area contributed by atoms with Crippen molar-refractivity contribution in [1.29, 1.82) is 0 Å². The van der Waals surface area contributed by atoms with E-state index in [1.165, 1.54) is 56.4 Å². The van der Waals surface area contributed by atoms with Crippen LogP contribution >= 0.6 is 11.3 Å². The summed E-state index contributed by atoms with van der Waals surface area (Å²) < 4.78 is 40.6. The molecule has 2 heterocycles. The number of alkyl halides is 3. The van der Waals surface area contributed by atoms with Gasteiger partial charge in [-0.2, -0.15) is 13.2 Å². The lowest BCUT2D eigenvalue weighted by Gasteiger charge is -2.25. The molecule has 1 aromatic carbocycles. The Morgan fingerprint density at radius 2 is 1.85 bits per heavy atom. The van der Waals surface area contributed by atoms with Gasteiger partial charge in [-0.3, -0.25) is 14.6 Å². The van der Waals surface area contributed by atoms with Crippen molar-refractivity contribution in [2.45, 2.75) is 64.2 Å². The number of aromatic nitrogens is 1. The van der Waals surface area contributed by atoms with Crippen LogP contribution in [-0.4, -0.2) is 41.7 Å². The minimum atomic E-state index is -4.52. The first-order valence-electron chi connectivity index (χ1n) is 15.1. The summed E-state index contributed by atoms with van der Waals surface area (Å²) in [5, 5.41) is 14.4. The van der Waals surface area contributed by atoms with Crippen molar-refractivity contribution in [3.8, 4) is 0 Å². The third-order valence-electron chi connectivity index (χ3n) is 7.74. The number of carbonyl (C=O) groups excluding carboxylic acids is 3. The Bertz CT molecular complexity index is 1600. The molecule has 4 N–H and O–H groups in total. The minimum Gasteiger partial charge on any atom is -0.380 e. The summed E-state index contributed by atoms with van der Waals surface area (Å²) in [5.74, 6) is -2.75. The number of benzene rings is 1. The van der Waals surface area contributed by atoms with Crippen molar-refractivity contribution >= 4 is 45.9 Å². The van der Waals surface area contributed by atoms with Gasteiger partial charge in [-0.25, -0.2) is 0 Å². The Balaban J connectivity index is 0.000000409. The van der Waals surface area contributed by atoms with Gasteiger partial charge in [0.25, 0.3) is 5.91 Å². The van der Waals surface area contributed by atoms with Crippen LogP contribution in [0.1, 0.15) is 60.7 Å². The van der Waals surface area contributed by atoms with Gasteiger partial charge < -0.3 is 26.1 Å². The van der Waals surface area contributed by atoms with Gasteiger partial charge in [0.1, 0.15) is 11.2 Å². The molecule has 2 aromatic heterocycles. The van der Waals surface area contributed by atoms with Crippen LogP contribution in [0.2, 0.25) is 0 Å². The summed E-state index contributed by atoms with van der Waals surface area (Å²) >= 11 is 1.18. The molecule has 0 spiro atoms. The molecule has 2 aliphatic carbocycles. The number of rotatable bonds is 11. The van der Waals surface area contributed by atoms with Crippen molar-refractivity contribution < 1.29 is 27.6 Å². The number of amides is 1. The SMILES string of the molecule is C=C(NC1=CC(NC(=O)c2sccc2NCc2ccnc3ccccc23)=CC(C(F)(F)F)C1)C(C)=O.O=CCNC1CCCCC1. The summed E-state index contributed by atoms with van der Waals surface area (Å²) in [4.78, 5) is 39.2. The molecule has 0 saturated heterocycles. The predicted molar refractivity (Wildman–Crippen MR) is 175 cm³/mol. The number of pyridine rings is 1. The number of aldehydes is 1. The lowest BCUT2D eigenvalue weighted by molar-refractivity contribution is -0.161. The van der Waals surface area contributed by atoms with Crippen molar-refractivity contribution in [2.75, 3.05) is 11.9 Å². The number of ketones is 1. The first-order chi connectivity index (χ1) is 22.0. The smallest absolute Gasteiger partial charge is 0.380 e. The highest BCUT2D eigenvalue weighted by atomic mass is 32.1. The Labute approximate surface area is 270 Å². The maximum Gasteiger partial charge on any atom is 0.395 e. The molecule has 2 aliphatic rings. The molecule has 1 atom stereocenters. The molecule has 0 radical (unpaired) electrons. The maximum absolute atomic E-state index is 13.5. The molecule has 1 fully saturated rings. The lowest BCUT2D eigenvalue weighted by Crippen LogP contribution is -2.32. The summed E-state index contributed by atoms with van der Waals surface area (Å²) in [6.07, 6.45) is 6.66. The van der Waals surface area contributed by atoms with E-state index in [-0.39, 0.29) is 23.5 Å². The summed E-state index contributed by atoms with van der Waals surface area (Å²) in [7, 11) is 0. The van der Waals surface area contributed by atoms with Crippen LogP contribution in [0.5, 0.6) is 0 Å². The fourth-order valence-corrected chi connectivity index (χ4v) is 6.06. The fourth-order valence-electron chi connectivity index (χ4n) is 5.30. The zero-order valence-electron chi connectivity index (χ0n) is 25.6. The molecule has 244 valence electrons. The standard InChI is InChI=1S/C26H23F3N4O2S.C8H15NO/c1-15(16(2)34)32-19-11-18(26(27,28)29)12-20(13-19)33-25(35)24-23(8-10-36-24)31-14-17-7-9-30-22-6-4-3-5-21(17)22;10-7-6-9-8-4-2-1-3-5-8/h3-10,12-13,18,31-32H,1,11,14H2,2H3,(H,33,35);7-9H,1-6H2. The lowest BCUT2D eigenvalue weighted by atomic mass is 9.95. The molecule has 1 saturated carbocycles. The van der Waals surface area contributed by atoms with Crippen LogP contribution < -0.4 is 21.3 Å². The zero-order chi connectivity index (χ0) is 33.1. The number of fused-ring (bicyclic) bond motifs is 1. The van der Waals surface area contributed by atoms with E-state index < -0.39 is 23.8 Å².